The third-order valence-electron chi connectivity index (χ3n) is 4.43. The van der Waals surface area contributed by atoms with E-state index in [0.29, 0.717) is 33.7 Å². The van der Waals surface area contributed by atoms with Crippen LogP contribution in [0.3, 0.4) is 0 Å². The second-order valence-electron chi connectivity index (χ2n) is 6.56. The Kier molecular flexibility index (Phi) is 5.14. The topological polar surface area (TPSA) is 67.8 Å². The quantitative estimate of drug-likeness (QED) is 0.522. The Hall–Kier alpha value is -3.81. The average molecular weight is 408 g/mol. The van der Waals surface area contributed by atoms with Gasteiger partial charge in [-0.25, -0.2) is 9.97 Å². The number of nitrogens with zero attached hydrogens (tertiary/aromatic N) is 3. The molecule has 4 aromatic rings. The van der Waals surface area contributed by atoms with Gasteiger partial charge in [-0.15, -0.1) is 0 Å². The number of halogens is 3. The van der Waals surface area contributed by atoms with E-state index in [-0.39, 0.29) is 12.3 Å². The minimum Gasteiger partial charge on any atom is -0.310 e. The number of benzene rings is 2. The molecule has 0 aliphatic carbocycles. The zero-order valence-electron chi connectivity index (χ0n) is 15.5. The van der Waals surface area contributed by atoms with Gasteiger partial charge in [0.15, 0.2) is 0 Å². The van der Waals surface area contributed by atoms with Crippen LogP contribution in [-0.2, 0) is 17.4 Å². The standard InChI is InChI=1S/C22H15F3N4O/c23-22(24,25)16-7-3-5-14(11-16)18-13-27-17-8-4-6-15(21(17)28-18)12-20(30)29-19-9-1-2-10-26-19/h1-11,13H,12H2,(H,26,29,30). The van der Waals surface area contributed by atoms with Crippen molar-refractivity contribution in [2.24, 2.45) is 0 Å². The van der Waals surface area contributed by atoms with Gasteiger partial charge in [-0.3, -0.25) is 9.78 Å². The number of rotatable bonds is 4. The third-order valence-corrected chi connectivity index (χ3v) is 4.43. The van der Waals surface area contributed by atoms with Crippen molar-refractivity contribution < 1.29 is 18.0 Å². The summed E-state index contributed by atoms with van der Waals surface area (Å²) in [5, 5.41) is 2.70. The average Bonchev–Trinajstić information content (AvgIpc) is 2.74. The summed E-state index contributed by atoms with van der Waals surface area (Å²) in [7, 11) is 0. The number of nitrogens with one attached hydrogen (secondary N) is 1. The molecule has 0 saturated heterocycles. The summed E-state index contributed by atoms with van der Waals surface area (Å²) in [6.07, 6.45) is -1.43. The summed E-state index contributed by atoms with van der Waals surface area (Å²) >= 11 is 0. The first-order valence-electron chi connectivity index (χ1n) is 9.03. The molecular weight excluding hydrogens is 393 g/mol. The molecule has 150 valence electrons. The SMILES string of the molecule is O=C(Cc1cccc2ncc(-c3cccc(C(F)(F)F)c3)nc12)Nc1ccccn1. The molecule has 5 nitrogen and oxygen atoms in total. The van der Waals surface area contributed by atoms with Crippen LogP contribution in [0.25, 0.3) is 22.3 Å². The van der Waals surface area contributed by atoms with Crippen molar-refractivity contribution in [1.82, 2.24) is 15.0 Å². The van der Waals surface area contributed by atoms with Crippen LogP contribution in [0.4, 0.5) is 19.0 Å². The largest absolute Gasteiger partial charge is 0.416 e. The van der Waals surface area contributed by atoms with Gasteiger partial charge in [0.1, 0.15) is 5.82 Å². The molecule has 0 spiro atoms. The zero-order valence-corrected chi connectivity index (χ0v) is 15.5. The number of pyridine rings is 1. The molecule has 0 saturated carbocycles. The van der Waals surface area contributed by atoms with Gasteiger partial charge < -0.3 is 5.32 Å². The number of amides is 1. The lowest BCUT2D eigenvalue weighted by molar-refractivity contribution is -0.137. The van der Waals surface area contributed by atoms with E-state index in [4.69, 9.17) is 0 Å². The van der Waals surface area contributed by atoms with Crippen molar-refractivity contribution in [3.8, 4) is 11.3 Å². The highest BCUT2D eigenvalue weighted by atomic mass is 19.4. The Labute approximate surface area is 169 Å². The predicted molar refractivity (Wildman–Crippen MR) is 107 cm³/mol. The van der Waals surface area contributed by atoms with E-state index < -0.39 is 11.7 Å². The summed E-state index contributed by atoms with van der Waals surface area (Å²) in [6, 6.07) is 15.3. The molecule has 2 aromatic carbocycles. The molecule has 2 aromatic heterocycles. The van der Waals surface area contributed by atoms with Gasteiger partial charge in [0.25, 0.3) is 0 Å². The van der Waals surface area contributed by atoms with Crippen LogP contribution in [0, 0.1) is 0 Å². The predicted octanol–water partition coefficient (Wildman–Crippen LogP) is 4.89. The van der Waals surface area contributed by atoms with Gasteiger partial charge in [-0.05, 0) is 35.9 Å². The Balaban J connectivity index is 1.67. The number of hydrogen-bond acceptors (Lipinski definition) is 4. The van der Waals surface area contributed by atoms with Crippen molar-refractivity contribution in [1.29, 1.82) is 0 Å². The fraction of sp³-hybridized carbons (Fsp3) is 0.0909. The summed E-state index contributed by atoms with van der Waals surface area (Å²) in [4.78, 5) is 25.3. The number of alkyl halides is 3. The normalized spacial score (nSPS) is 11.4. The zero-order chi connectivity index (χ0) is 21.1. The van der Waals surface area contributed by atoms with Crippen LogP contribution < -0.4 is 5.32 Å². The molecule has 2 heterocycles. The van der Waals surface area contributed by atoms with E-state index in [0.717, 1.165) is 12.1 Å². The van der Waals surface area contributed by atoms with Gasteiger partial charge in [0.2, 0.25) is 5.91 Å². The highest BCUT2D eigenvalue weighted by Crippen LogP contribution is 2.32. The van der Waals surface area contributed by atoms with Crippen LogP contribution in [0.15, 0.2) is 73.1 Å². The monoisotopic (exact) mass is 408 g/mol. The van der Waals surface area contributed by atoms with Crippen molar-refractivity contribution in [2.45, 2.75) is 12.6 Å². The smallest absolute Gasteiger partial charge is 0.310 e. The maximum absolute atomic E-state index is 13.0. The molecule has 1 amide bonds. The van der Waals surface area contributed by atoms with Crippen molar-refractivity contribution in [3.05, 3.63) is 84.2 Å². The van der Waals surface area contributed by atoms with Crippen molar-refractivity contribution >= 4 is 22.8 Å². The molecular formula is C22H15F3N4O. The minimum atomic E-state index is -4.45. The molecule has 0 unspecified atom stereocenters. The summed E-state index contributed by atoms with van der Waals surface area (Å²) in [6.45, 7) is 0. The molecule has 30 heavy (non-hydrogen) atoms. The highest BCUT2D eigenvalue weighted by Gasteiger charge is 2.30. The van der Waals surface area contributed by atoms with Crippen LogP contribution in [-0.4, -0.2) is 20.9 Å². The molecule has 1 N–H and O–H groups in total. The van der Waals surface area contributed by atoms with E-state index in [1.807, 2.05) is 0 Å². The number of fused-ring (bicyclic) bond motifs is 1. The van der Waals surface area contributed by atoms with E-state index in [9.17, 15) is 18.0 Å². The first-order chi connectivity index (χ1) is 14.4. The van der Waals surface area contributed by atoms with Gasteiger partial charge in [-0.2, -0.15) is 13.2 Å². The Morgan fingerprint density at radius 3 is 2.57 bits per heavy atom. The Morgan fingerprint density at radius 1 is 0.967 bits per heavy atom. The van der Waals surface area contributed by atoms with E-state index in [2.05, 4.69) is 20.3 Å². The van der Waals surface area contributed by atoms with Crippen molar-refractivity contribution in [3.63, 3.8) is 0 Å². The molecule has 0 fully saturated rings. The van der Waals surface area contributed by atoms with Crippen LogP contribution >= 0.6 is 0 Å². The number of aromatic nitrogens is 3. The number of carbonyl (C=O) groups is 1. The number of carbonyl (C=O) groups excluding carboxylic acids is 1. The first kappa shape index (κ1) is 19.5. The van der Waals surface area contributed by atoms with E-state index in [1.165, 1.54) is 12.3 Å². The maximum atomic E-state index is 13.0. The molecule has 8 heteroatoms. The lowest BCUT2D eigenvalue weighted by Gasteiger charge is -2.10. The number of hydrogen-bond donors (Lipinski definition) is 1. The van der Waals surface area contributed by atoms with Gasteiger partial charge in [0, 0.05) is 11.8 Å². The van der Waals surface area contributed by atoms with Gasteiger partial charge in [-0.1, -0.05) is 30.3 Å². The van der Waals surface area contributed by atoms with Crippen LogP contribution in [0.2, 0.25) is 0 Å². The minimum absolute atomic E-state index is 0.0225. The van der Waals surface area contributed by atoms with E-state index >= 15 is 0 Å². The summed E-state index contributed by atoms with van der Waals surface area (Å²) in [5.41, 5.74) is 1.46. The third kappa shape index (κ3) is 4.27. The van der Waals surface area contributed by atoms with E-state index in [1.54, 1.807) is 48.7 Å². The first-order valence-corrected chi connectivity index (χ1v) is 9.03. The Morgan fingerprint density at radius 2 is 1.80 bits per heavy atom. The molecule has 0 bridgehead atoms. The number of para-hydroxylation sites is 1. The second-order valence-corrected chi connectivity index (χ2v) is 6.56. The molecule has 0 aliphatic rings. The van der Waals surface area contributed by atoms with Crippen LogP contribution in [0.5, 0.6) is 0 Å². The molecule has 4 rings (SSSR count). The van der Waals surface area contributed by atoms with Crippen molar-refractivity contribution in [2.75, 3.05) is 5.32 Å². The van der Waals surface area contributed by atoms with Gasteiger partial charge in [0.05, 0.1) is 34.9 Å². The second kappa shape index (κ2) is 7.90. The fourth-order valence-corrected chi connectivity index (χ4v) is 3.02. The molecule has 0 radical (unpaired) electrons. The maximum Gasteiger partial charge on any atom is 0.416 e. The molecule has 0 aliphatic heterocycles. The lowest BCUT2D eigenvalue weighted by Crippen LogP contribution is -2.15. The fourth-order valence-electron chi connectivity index (χ4n) is 3.02. The molecule has 0 atom stereocenters. The lowest BCUT2D eigenvalue weighted by atomic mass is 10.1. The highest BCUT2D eigenvalue weighted by molar-refractivity contribution is 5.94. The summed E-state index contributed by atoms with van der Waals surface area (Å²) < 4.78 is 39.1. The number of anilines is 1. The van der Waals surface area contributed by atoms with Crippen LogP contribution in [0.1, 0.15) is 11.1 Å². The van der Waals surface area contributed by atoms with Gasteiger partial charge >= 0.3 is 6.18 Å². The summed E-state index contributed by atoms with van der Waals surface area (Å²) in [5.74, 6) is 0.144. The Bertz CT molecular complexity index is 1210.